The molecular formula is C23H36IN5OS. The van der Waals surface area contributed by atoms with Crippen LogP contribution in [0.5, 0.6) is 0 Å². The van der Waals surface area contributed by atoms with Crippen LogP contribution in [-0.4, -0.2) is 48.8 Å². The summed E-state index contributed by atoms with van der Waals surface area (Å²) in [6, 6.07) is 8.72. The van der Waals surface area contributed by atoms with Crippen molar-refractivity contribution in [3.8, 4) is 0 Å². The monoisotopic (exact) mass is 557 g/mol. The van der Waals surface area contributed by atoms with E-state index in [1.54, 1.807) is 11.3 Å². The Bertz CT molecular complexity index is 796. The van der Waals surface area contributed by atoms with E-state index >= 15 is 0 Å². The Morgan fingerprint density at radius 3 is 2.48 bits per heavy atom. The molecule has 1 fully saturated rings. The zero-order valence-corrected chi connectivity index (χ0v) is 22.0. The highest BCUT2D eigenvalue weighted by Gasteiger charge is 2.18. The van der Waals surface area contributed by atoms with E-state index in [9.17, 15) is 5.11 Å². The minimum Gasteiger partial charge on any atom is -0.396 e. The number of aliphatic hydroxyl groups is 1. The second-order valence-electron chi connectivity index (χ2n) is 7.90. The number of halogens is 1. The fourth-order valence-electron chi connectivity index (χ4n) is 3.63. The maximum atomic E-state index is 9.31. The number of thiazole rings is 1. The molecule has 0 radical (unpaired) electrons. The molecule has 0 amide bonds. The van der Waals surface area contributed by atoms with Crippen molar-refractivity contribution in [1.29, 1.82) is 0 Å². The van der Waals surface area contributed by atoms with Crippen LogP contribution in [0.25, 0.3) is 0 Å². The molecular weight excluding hydrogens is 521 g/mol. The summed E-state index contributed by atoms with van der Waals surface area (Å²) in [6.07, 6.45) is 3.05. The van der Waals surface area contributed by atoms with Gasteiger partial charge in [0.2, 0.25) is 0 Å². The van der Waals surface area contributed by atoms with Crippen LogP contribution in [0.15, 0.2) is 29.3 Å². The number of aliphatic imine (C=N–C) groups is 1. The molecule has 0 unspecified atom stereocenters. The number of anilines is 1. The van der Waals surface area contributed by atoms with Crippen LogP contribution in [0, 0.1) is 19.8 Å². The molecule has 2 heterocycles. The van der Waals surface area contributed by atoms with Crippen molar-refractivity contribution in [1.82, 2.24) is 15.6 Å². The summed E-state index contributed by atoms with van der Waals surface area (Å²) in [4.78, 5) is 13.0. The van der Waals surface area contributed by atoms with Crippen molar-refractivity contribution in [2.24, 2.45) is 10.9 Å². The summed E-state index contributed by atoms with van der Waals surface area (Å²) >= 11 is 1.78. The number of aromatic nitrogens is 1. The highest BCUT2D eigenvalue weighted by Crippen LogP contribution is 2.23. The Morgan fingerprint density at radius 2 is 1.90 bits per heavy atom. The molecule has 3 N–H and O–H groups in total. The Morgan fingerprint density at radius 1 is 1.19 bits per heavy atom. The Hall–Kier alpha value is -1.39. The molecule has 1 aliphatic heterocycles. The van der Waals surface area contributed by atoms with Gasteiger partial charge in [0.1, 0.15) is 0 Å². The number of guanidine groups is 1. The van der Waals surface area contributed by atoms with E-state index in [2.05, 4.69) is 65.6 Å². The second-order valence-corrected chi connectivity index (χ2v) is 9.19. The van der Waals surface area contributed by atoms with Crippen molar-refractivity contribution in [3.05, 3.63) is 45.4 Å². The molecule has 31 heavy (non-hydrogen) atoms. The van der Waals surface area contributed by atoms with E-state index in [0.717, 1.165) is 57.1 Å². The second kappa shape index (κ2) is 13.2. The normalized spacial score (nSPS) is 15.0. The van der Waals surface area contributed by atoms with E-state index in [4.69, 9.17) is 4.99 Å². The van der Waals surface area contributed by atoms with Crippen molar-refractivity contribution in [3.63, 3.8) is 0 Å². The first-order chi connectivity index (χ1) is 14.6. The first-order valence-corrected chi connectivity index (χ1v) is 11.8. The van der Waals surface area contributed by atoms with Crippen LogP contribution >= 0.6 is 35.3 Å². The minimum absolute atomic E-state index is 0. The summed E-state index contributed by atoms with van der Waals surface area (Å²) in [6.45, 7) is 10.9. The zero-order chi connectivity index (χ0) is 21.3. The van der Waals surface area contributed by atoms with Gasteiger partial charge >= 0.3 is 0 Å². The number of hydrogen-bond donors (Lipinski definition) is 3. The topological polar surface area (TPSA) is 72.8 Å². The lowest BCUT2D eigenvalue weighted by Gasteiger charge is -2.32. The van der Waals surface area contributed by atoms with Crippen LogP contribution in [0.1, 0.15) is 40.9 Å². The molecule has 0 saturated carbocycles. The standard InChI is InChI=1S/C23H35N5OS.HI/c1-4-24-23(25-12-9-22-27-17(2)18(3)30-22)26-15-19-5-7-21(8-6-19)28-13-10-20(16-29)11-14-28;/h5-8,20,29H,4,9-16H2,1-3H3,(H2,24,25,26);1H. The predicted molar refractivity (Wildman–Crippen MR) is 142 cm³/mol. The highest BCUT2D eigenvalue weighted by molar-refractivity contribution is 14.0. The number of rotatable bonds is 8. The fraction of sp³-hybridized carbons (Fsp3) is 0.565. The zero-order valence-electron chi connectivity index (χ0n) is 18.9. The van der Waals surface area contributed by atoms with Gasteiger partial charge in [-0.25, -0.2) is 9.98 Å². The summed E-state index contributed by atoms with van der Waals surface area (Å²) in [7, 11) is 0. The number of nitrogens with one attached hydrogen (secondary N) is 2. The molecule has 0 spiro atoms. The maximum Gasteiger partial charge on any atom is 0.191 e. The first kappa shape index (κ1) is 25.9. The van der Waals surface area contributed by atoms with Crippen LogP contribution in [0.4, 0.5) is 5.69 Å². The lowest BCUT2D eigenvalue weighted by Crippen LogP contribution is -2.38. The summed E-state index contributed by atoms with van der Waals surface area (Å²) in [5.74, 6) is 1.31. The number of hydrogen-bond acceptors (Lipinski definition) is 5. The van der Waals surface area contributed by atoms with E-state index in [1.807, 2.05) is 0 Å². The summed E-state index contributed by atoms with van der Waals surface area (Å²) < 4.78 is 0. The SMILES string of the molecule is CCNC(=NCc1ccc(N2CCC(CO)CC2)cc1)NCCc1nc(C)c(C)s1.I. The molecule has 1 aliphatic rings. The molecule has 172 valence electrons. The molecule has 8 heteroatoms. The molecule has 1 saturated heterocycles. The molecule has 0 aliphatic carbocycles. The molecule has 1 aromatic heterocycles. The lowest BCUT2D eigenvalue weighted by atomic mass is 9.97. The van der Waals surface area contributed by atoms with Crippen molar-refractivity contribution in [2.75, 3.05) is 37.7 Å². The number of aliphatic hydroxyl groups excluding tert-OH is 1. The van der Waals surface area contributed by atoms with E-state index < -0.39 is 0 Å². The maximum absolute atomic E-state index is 9.31. The Labute approximate surface area is 207 Å². The minimum atomic E-state index is 0. The predicted octanol–water partition coefficient (Wildman–Crippen LogP) is 3.88. The third-order valence-corrected chi connectivity index (χ3v) is 6.77. The third kappa shape index (κ3) is 7.91. The molecule has 6 nitrogen and oxygen atoms in total. The average Bonchev–Trinajstić information content (AvgIpc) is 3.09. The average molecular weight is 558 g/mol. The van der Waals surface area contributed by atoms with Crippen LogP contribution < -0.4 is 15.5 Å². The Kier molecular flexibility index (Phi) is 11.0. The first-order valence-electron chi connectivity index (χ1n) is 11.0. The summed E-state index contributed by atoms with van der Waals surface area (Å²) in [5, 5.41) is 17.2. The molecule has 0 bridgehead atoms. The number of piperidine rings is 1. The van der Waals surface area contributed by atoms with Gasteiger partial charge in [0.15, 0.2) is 5.96 Å². The number of benzene rings is 1. The lowest BCUT2D eigenvalue weighted by molar-refractivity contribution is 0.203. The molecule has 0 atom stereocenters. The third-order valence-electron chi connectivity index (χ3n) is 5.64. The van der Waals surface area contributed by atoms with Gasteiger partial charge in [-0.1, -0.05) is 12.1 Å². The van der Waals surface area contributed by atoms with E-state index in [0.29, 0.717) is 19.1 Å². The van der Waals surface area contributed by atoms with Crippen molar-refractivity contribution < 1.29 is 5.11 Å². The van der Waals surface area contributed by atoms with Gasteiger partial charge in [-0.3, -0.25) is 0 Å². The van der Waals surface area contributed by atoms with Crippen LogP contribution in [-0.2, 0) is 13.0 Å². The molecule has 2 aromatic rings. The Balaban J connectivity index is 0.00000341. The van der Waals surface area contributed by atoms with Gasteiger partial charge in [0, 0.05) is 49.8 Å². The highest BCUT2D eigenvalue weighted by atomic mass is 127. The van der Waals surface area contributed by atoms with Gasteiger partial charge in [-0.2, -0.15) is 0 Å². The van der Waals surface area contributed by atoms with Crippen LogP contribution in [0.2, 0.25) is 0 Å². The van der Waals surface area contributed by atoms with Crippen molar-refractivity contribution >= 4 is 47.0 Å². The van der Waals surface area contributed by atoms with Gasteiger partial charge in [-0.15, -0.1) is 35.3 Å². The van der Waals surface area contributed by atoms with E-state index in [1.165, 1.54) is 21.1 Å². The quantitative estimate of drug-likeness (QED) is 0.261. The largest absolute Gasteiger partial charge is 0.396 e. The molecule has 3 rings (SSSR count). The molecule has 1 aromatic carbocycles. The van der Waals surface area contributed by atoms with E-state index in [-0.39, 0.29) is 24.0 Å². The van der Waals surface area contributed by atoms with Crippen LogP contribution in [0.3, 0.4) is 0 Å². The van der Waals surface area contributed by atoms with Crippen molar-refractivity contribution in [2.45, 2.75) is 46.6 Å². The van der Waals surface area contributed by atoms with Gasteiger partial charge in [0.25, 0.3) is 0 Å². The number of aryl methyl sites for hydroxylation is 2. The van der Waals surface area contributed by atoms with Gasteiger partial charge in [0.05, 0.1) is 17.2 Å². The summed E-state index contributed by atoms with van der Waals surface area (Å²) in [5.41, 5.74) is 3.60. The van der Waals surface area contributed by atoms with Gasteiger partial charge < -0.3 is 20.6 Å². The smallest absolute Gasteiger partial charge is 0.191 e. The van der Waals surface area contributed by atoms with Gasteiger partial charge in [-0.05, 0) is 57.2 Å². The number of nitrogens with zero attached hydrogens (tertiary/aromatic N) is 3. The fourth-order valence-corrected chi connectivity index (χ4v) is 4.57.